The zero-order chi connectivity index (χ0) is 11.0. The lowest BCUT2D eigenvalue weighted by Gasteiger charge is -2.55. The van der Waals surface area contributed by atoms with Crippen molar-refractivity contribution in [3.63, 3.8) is 0 Å². The van der Waals surface area contributed by atoms with Crippen molar-refractivity contribution in [1.82, 2.24) is 0 Å². The molecule has 0 N–H and O–H groups in total. The second kappa shape index (κ2) is 3.87. The Kier molecular flexibility index (Phi) is 3.33. The molecule has 0 saturated heterocycles. The molecular weight excluding hydrogens is 168 g/mol. The van der Waals surface area contributed by atoms with E-state index in [4.69, 9.17) is 0 Å². The molecular formula is C14H28. The fourth-order valence-corrected chi connectivity index (χ4v) is 3.45. The van der Waals surface area contributed by atoms with Gasteiger partial charge >= 0.3 is 0 Å². The first kappa shape index (κ1) is 12.1. The van der Waals surface area contributed by atoms with Gasteiger partial charge in [0.1, 0.15) is 0 Å². The SMILES string of the molecule is CC(C)[C@]1(C)CCCC[C@]1(C)C(C)C. The molecule has 0 aliphatic heterocycles. The summed E-state index contributed by atoms with van der Waals surface area (Å²) in [4.78, 5) is 0. The third-order valence-corrected chi connectivity index (χ3v) is 5.50. The largest absolute Gasteiger partial charge is 0.0622 e. The van der Waals surface area contributed by atoms with Gasteiger partial charge < -0.3 is 0 Å². The van der Waals surface area contributed by atoms with Crippen molar-refractivity contribution in [2.75, 3.05) is 0 Å². The minimum Gasteiger partial charge on any atom is -0.0622 e. The van der Waals surface area contributed by atoms with Gasteiger partial charge in [-0.3, -0.25) is 0 Å². The maximum absolute atomic E-state index is 2.52. The van der Waals surface area contributed by atoms with E-state index in [-0.39, 0.29) is 0 Å². The zero-order valence-corrected chi connectivity index (χ0v) is 11.0. The summed E-state index contributed by atoms with van der Waals surface area (Å²) in [6, 6.07) is 0. The topological polar surface area (TPSA) is 0 Å². The molecule has 14 heavy (non-hydrogen) atoms. The average Bonchev–Trinajstić information content (AvgIpc) is 2.09. The quantitative estimate of drug-likeness (QED) is 0.590. The van der Waals surface area contributed by atoms with Crippen molar-refractivity contribution in [1.29, 1.82) is 0 Å². The summed E-state index contributed by atoms with van der Waals surface area (Å²) in [7, 11) is 0. The van der Waals surface area contributed by atoms with Crippen molar-refractivity contribution in [2.45, 2.75) is 67.2 Å². The molecule has 0 amide bonds. The first-order valence-corrected chi connectivity index (χ1v) is 6.34. The van der Waals surface area contributed by atoms with E-state index in [1.54, 1.807) is 0 Å². The van der Waals surface area contributed by atoms with Gasteiger partial charge in [-0.05, 0) is 35.5 Å². The second-order valence-corrected chi connectivity index (χ2v) is 6.35. The fourth-order valence-electron chi connectivity index (χ4n) is 3.45. The molecule has 1 saturated carbocycles. The van der Waals surface area contributed by atoms with Crippen molar-refractivity contribution in [3.05, 3.63) is 0 Å². The number of rotatable bonds is 2. The lowest BCUT2D eigenvalue weighted by atomic mass is 9.50. The molecule has 0 unspecified atom stereocenters. The van der Waals surface area contributed by atoms with Crippen LogP contribution in [0.2, 0.25) is 0 Å². The lowest BCUT2D eigenvalue weighted by molar-refractivity contribution is -0.0590. The lowest BCUT2D eigenvalue weighted by Crippen LogP contribution is -2.47. The van der Waals surface area contributed by atoms with E-state index >= 15 is 0 Å². The summed E-state index contributed by atoms with van der Waals surface area (Å²) < 4.78 is 0. The minimum absolute atomic E-state index is 0.555. The monoisotopic (exact) mass is 196 g/mol. The Bertz CT molecular complexity index is 170. The van der Waals surface area contributed by atoms with Crippen LogP contribution in [0.3, 0.4) is 0 Å². The van der Waals surface area contributed by atoms with Crippen LogP contribution in [0.15, 0.2) is 0 Å². The molecule has 2 atom stereocenters. The van der Waals surface area contributed by atoms with Crippen molar-refractivity contribution < 1.29 is 0 Å². The van der Waals surface area contributed by atoms with Crippen LogP contribution < -0.4 is 0 Å². The molecule has 0 spiro atoms. The maximum Gasteiger partial charge on any atom is -0.0246 e. The summed E-state index contributed by atoms with van der Waals surface area (Å²) in [6.07, 6.45) is 5.74. The first-order valence-electron chi connectivity index (χ1n) is 6.34. The van der Waals surface area contributed by atoms with Crippen LogP contribution in [-0.2, 0) is 0 Å². The van der Waals surface area contributed by atoms with Crippen LogP contribution in [0.25, 0.3) is 0 Å². The van der Waals surface area contributed by atoms with E-state index in [0.29, 0.717) is 10.8 Å². The van der Waals surface area contributed by atoms with E-state index in [0.717, 1.165) is 11.8 Å². The Morgan fingerprint density at radius 3 is 1.21 bits per heavy atom. The highest BCUT2D eigenvalue weighted by atomic mass is 14.5. The third-order valence-electron chi connectivity index (χ3n) is 5.50. The molecule has 0 aromatic rings. The van der Waals surface area contributed by atoms with Crippen molar-refractivity contribution in [2.24, 2.45) is 22.7 Å². The standard InChI is InChI=1S/C14H28/c1-11(2)13(5)9-7-8-10-14(13,6)12(3)4/h11-12H,7-10H2,1-6H3/t13-,14+. The number of hydrogen-bond acceptors (Lipinski definition) is 0. The van der Waals surface area contributed by atoms with Gasteiger partial charge in [-0.2, -0.15) is 0 Å². The van der Waals surface area contributed by atoms with Gasteiger partial charge in [0.25, 0.3) is 0 Å². The Labute approximate surface area is 90.5 Å². The van der Waals surface area contributed by atoms with E-state index < -0.39 is 0 Å². The highest BCUT2D eigenvalue weighted by Crippen LogP contribution is 2.58. The minimum atomic E-state index is 0.555. The van der Waals surface area contributed by atoms with E-state index in [2.05, 4.69) is 41.5 Å². The molecule has 0 nitrogen and oxygen atoms in total. The highest BCUT2D eigenvalue weighted by molar-refractivity contribution is 4.98. The van der Waals surface area contributed by atoms with Gasteiger partial charge in [0.15, 0.2) is 0 Å². The highest BCUT2D eigenvalue weighted by Gasteiger charge is 2.49. The Hall–Kier alpha value is 0. The van der Waals surface area contributed by atoms with Crippen molar-refractivity contribution >= 4 is 0 Å². The summed E-state index contributed by atoms with van der Waals surface area (Å²) in [5.41, 5.74) is 1.11. The van der Waals surface area contributed by atoms with Gasteiger partial charge in [0.05, 0.1) is 0 Å². The molecule has 0 heterocycles. The molecule has 0 bridgehead atoms. The van der Waals surface area contributed by atoms with E-state index in [9.17, 15) is 0 Å². The predicted octanol–water partition coefficient (Wildman–Crippen LogP) is 4.89. The normalized spacial score (nSPS) is 39.4. The molecule has 1 aliphatic rings. The summed E-state index contributed by atoms with van der Waals surface area (Å²) in [5.74, 6) is 1.63. The molecule has 84 valence electrons. The van der Waals surface area contributed by atoms with Crippen LogP contribution in [0.1, 0.15) is 67.2 Å². The summed E-state index contributed by atoms with van der Waals surface area (Å²) >= 11 is 0. The number of hydrogen-bond donors (Lipinski definition) is 0. The third kappa shape index (κ3) is 1.61. The molecule has 0 aromatic heterocycles. The van der Waals surface area contributed by atoms with Crippen LogP contribution in [-0.4, -0.2) is 0 Å². The van der Waals surface area contributed by atoms with Crippen LogP contribution in [0, 0.1) is 22.7 Å². The van der Waals surface area contributed by atoms with Crippen LogP contribution in [0.5, 0.6) is 0 Å². The van der Waals surface area contributed by atoms with Gasteiger partial charge in [-0.15, -0.1) is 0 Å². The summed E-state index contributed by atoms with van der Waals surface area (Å²) in [5, 5.41) is 0. The van der Waals surface area contributed by atoms with E-state index in [1.807, 2.05) is 0 Å². The van der Waals surface area contributed by atoms with Crippen molar-refractivity contribution in [3.8, 4) is 0 Å². The maximum atomic E-state index is 2.52. The van der Waals surface area contributed by atoms with Crippen LogP contribution >= 0.6 is 0 Å². The fraction of sp³-hybridized carbons (Fsp3) is 1.00. The molecule has 0 radical (unpaired) electrons. The van der Waals surface area contributed by atoms with Gasteiger partial charge in [0, 0.05) is 0 Å². The Morgan fingerprint density at radius 1 is 0.714 bits per heavy atom. The zero-order valence-electron chi connectivity index (χ0n) is 11.0. The Morgan fingerprint density at radius 2 is 1.00 bits per heavy atom. The van der Waals surface area contributed by atoms with Gasteiger partial charge in [0.2, 0.25) is 0 Å². The molecule has 1 fully saturated rings. The second-order valence-electron chi connectivity index (χ2n) is 6.35. The summed E-state index contributed by atoms with van der Waals surface area (Å²) in [6.45, 7) is 14.7. The predicted molar refractivity (Wildman–Crippen MR) is 64.4 cm³/mol. The first-order chi connectivity index (χ1) is 6.34. The van der Waals surface area contributed by atoms with Gasteiger partial charge in [-0.25, -0.2) is 0 Å². The van der Waals surface area contributed by atoms with Gasteiger partial charge in [-0.1, -0.05) is 54.4 Å². The van der Waals surface area contributed by atoms with E-state index in [1.165, 1.54) is 25.7 Å². The molecule has 1 rings (SSSR count). The average molecular weight is 196 g/mol. The molecule has 0 heteroatoms. The molecule has 0 aromatic carbocycles. The smallest absolute Gasteiger partial charge is 0.0246 e. The Balaban J connectivity index is 2.99. The van der Waals surface area contributed by atoms with Crippen LogP contribution in [0.4, 0.5) is 0 Å². The molecule has 1 aliphatic carbocycles.